The minimum Gasteiger partial charge on any atom is -0.490 e. The molecule has 1 aliphatic heterocycles. The Morgan fingerprint density at radius 3 is 2.48 bits per heavy atom. The standard InChI is InChI=1S/C35H41NO4/c1-22-16-29(40-28-10-14-39-15-11-28)17-23(2)34(22)30-7-5-6-25(24(30)3)21-36-27-8-9-31-26(18-27)20-35(12-13-35)32(31)19-33(37)38-4/h5-9,16-18,28,32,36H,10-15,19-21H2,1-4H3. The number of carbonyl (C=O) groups excluding carboxylic acids is 1. The van der Waals surface area contributed by atoms with E-state index in [2.05, 4.69) is 74.6 Å². The fourth-order valence-corrected chi connectivity index (χ4v) is 7.05. The van der Waals surface area contributed by atoms with Gasteiger partial charge in [-0.3, -0.25) is 4.79 Å². The highest BCUT2D eigenvalue weighted by Gasteiger charge is 2.54. The van der Waals surface area contributed by atoms with E-state index in [0.29, 0.717) is 12.3 Å². The predicted molar refractivity (Wildman–Crippen MR) is 159 cm³/mol. The summed E-state index contributed by atoms with van der Waals surface area (Å²) in [5.41, 5.74) is 11.8. The quantitative estimate of drug-likeness (QED) is 0.302. The van der Waals surface area contributed by atoms with Gasteiger partial charge in [-0.15, -0.1) is 0 Å². The fraction of sp³-hybridized carbons (Fsp3) is 0.457. The van der Waals surface area contributed by atoms with Crippen molar-refractivity contribution < 1.29 is 19.0 Å². The van der Waals surface area contributed by atoms with E-state index in [1.165, 1.54) is 64.5 Å². The Morgan fingerprint density at radius 1 is 1.02 bits per heavy atom. The number of nitrogens with one attached hydrogen (secondary N) is 1. The van der Waals surface area contributed by atoms with Crippen molar-refractivity contribution in [2.75, 3.05) is 25.6 Å². The molecule has 1 saturated carbocycles. The summed E-state index contributed by atoms with van der Waals surface area (Å²) in [4.78, 5) is 12.1. The number of esters is 1. The molecule has 0 aromatic heterocycles. The molecule has 40 heavy (non-hydrogen) atoms. The van der Waals surface area contributed by atoms with Crippen LogP contribution in [0.2, 0.25) is 0 Å². The third kappa shape index (κ3) is 5.24. The van der Waals surface area contributed by atoms with E-state index in [1.807, 2.05) is 0 Å². The van der Waals surface area contributed by atoms with Gasteiger partial charge in [0.05, 0.1) is 26.7 Å². The second kappa shape index (κ2) is 10.9. The maximum absolute atomic E-state index is 12.1. The van der Waals surface area contributed by atoms with Crippen LogP contribution >= 0.6 is 0 Å². The summed E-state index contributed by atoms with van der Waals surface area (Å²) in [6.45, 7) is 8.93. The third-order valence-electron chi connectivity index (χ3n) is 9.47. The maximum Gasteiger partial charge on any atom is 0.306 e. The van der Waals surface area contributed by atoms with Crippen molar-refractivity contribution >= 4 is 11.7 Å². The van der Waals surface area contributed by atoms with Crippen LogP contribution in [0.3, 0.4) is 0 Å². The minimum atomic E-state index is -0.103. The molecule has 2 fully saturated rings. The van der Waals surface area contributed by atoms with Crippen LogP contribution in [-0.2, 0) is 27.2 Å². The normalized spacial score (nSPS) is 19.4. The lowest BCUT2D eigenvalue weighted by molar-refractivity contribution is -0.141. The molecule has 0 bridgehead atoms. The van der Waals surface area contributed by atoms with E-state index in [4.69, 9.17) is 14.2 Å². The van der Waals surface area contributed by atoms with Gasteiger partial charge in [0.1, 0.15) is 11.9 Å². The summed E-state index contributed by atoms with van der Waals surface area (Å²) >= 11 is 0. The molecule has 1 atom stereocenters. The predicted octanol–water partition coefficient (Wildman–Crippen LogP) is 7.43. The lowest BCUT2D eigenvalue weighted by Crippen LogP contribution is -2.25. The number of rotatable bonds is 8. The first-order valence-electron chi connectivity index (χ1n) is 14.7. The van der Waals surface area contributed by atoms with Crippen molar-refractivity contribution in [1.82, 2.24) is 0 Å². The van der Waals surface area contributed by atoms with Gasteiger partial charge < -0.3 is 19.5 Å². The molecule has 210 valence electrons. The number of methoxy groups -OCH3 is 1. The van der Waals surface area contributed by atoms with E-state index in [-0.39, 0.29) is 17.5 Å². The summed E-state index contributed by atoms with van der Waals surface area (Å²) in [7, 11) is 1.49. The van der Waals surface area contributed by atoms with Crippen molar-refractivity contribution in [3.05, 3.63) is 81.9 Å². The number of ether oxygens (including phenoxy) is 3. The number of aryl methyl sites for hydroxylation is 2. The maximum atomic E-state index is 12.1. The van der Waals surface area contributed by atoms with Crippen LogP contribution in [0.4, 0.5) is 5.69 Å². The number of carbonyl (C=O) groups is 1. The summed E-state index contributed by atoms with van der Waals surface area (Å²) in [6, 6.07) is 17.7. The molecule has 0 radical (unpaired) electrons. The van der Waals surface area contributed by atoms with E-state index < -0.39 is 0 Å². The van der Waals surface area contributed by atoms with Gasteiger partial charge in [0, 0.05) is 31.0 Å². The van der Waals surface area contributed by atoms with Crippen LogP contribution in [0.5, 0.6) is 5.75 Å². The second-order valence-electron chi connectivity index (χ2n) is 12.1. The Hall–Kier alpha value is -3.31. The lowest BCUT2D eigenvalue weighted by atomic mass is 9.87. The molecule has 0 amide bonds. The molecular weight excluding hydrogens is 498 g/mol. The summed E-state index contributed by atoms with van der Waals surface area (Å²) in [6.07, 6.45) is 6.12. The van der Waals surface area contributed by atoms with E-state index in [1.54, 1.807) is 0 Å². The molecule has 5 heteroatoms. The van der Waals surface area contributed by atoms with Crippen LogP contribution < -0.4 is 10.1 Å². The second-order valence-corrected chi connectivity index (χ2v) is 12.1. The topological polar surface area (TPSA) is 56.8 Å². The summed E-state index contributed by atoms with van der Waals surface area (Å²) < 4.78 is 16.8. The number of anilines is 1. The number of hydrogen-bond acceptors (Lipinski definition) is 5. The van der Waals surface area contributed by atoms with E-state index >= 15 is 0 Å². The SMILES string of the molecule is COC(=O)CC1c2ccc(NCc3cccc(-c4c(C)cc(OC5CCOCC5)cc4C)c3C)cc2CC12CC2. The van der Waals surface area contributed by atoms with Gasteiger partial charge in [0.25, 0.3) is 0 Å². The number of benzene rings is 3. The Kier molecular flexibility index (Phi) is 7.35. The zero-order valence-electron chi connectivity index (χ0n) is 24.3. The van der Waals surface area contributed by atoms with Gasteiger partial charge in [0.2, 0.25) is 0 Å². The minimum absolute atomic E-state index is 0.103. The molecule has 3 aromatic rings. The third-order valence-corrected chi connectivity index (χ3v) is 9.47. The molecule has 2 aliphatic carbocycles. The van der Waals surface area contributed by atoms with Gasteiger partial charge in [-0.25, -0.2) is 0 Å². The monoisotopic (exact) mass is 539 g/mol. The van der Waals surface area contributed by atoms with Crippen molar-refractivity contribution in [3.8, 4) is 16.9 Å². The highest BCUT2D eigenvalue weighted by atomic mass is 16.5. The van der Waals surface area contributed by atoms with Gasteiger partial charge in [0.15, 0.2) is 0 Å². The van der Waals surface area contributed by atoms with E-state index in [0.717, 1.165) is 50.5 Å². The van der Waals surface area contributed by atoms with Crippen molar-refractivity contribution in [2.24, 2.45) is 5.41 Å². The molecule has 1 spiro atoms. The van der Waals surface area contributed by atoms with Crippen LogP contribution in [-0.4, -0.2) is 32.4 Å². The Labute approximate surface area is 238 Å². The molecule has 3 aliphatic rings. The first-order chi connectivity index (χ1) is 19.4. The largest absolute Gasteiger partial charge is 0.490 e. The number of hydrogen-bond donors (Lipinski definition) is 1. The lowest BCUT2D eigenvalue weighted by Gasteiger charge is -2.24. The number of fused-ring (bicyclic) bond motifs is 1. The van der Waals surface area contributed by atoms with Gasteiger partial charge in [-0.2, -0.15) is 0 Å². The first kappa shape index (κ1) is 26.9. The molecule has 3 aromatic carbocycles. The van der Waals surface area contributed by atoms with Crippen molar-refractivity contribution in [1.29, 1.82) is 0 Å². The molecule has 1 N–H and O–H groups in total. The highest BCUT2D eigenvalue weighted by molar-refractivity contribution is 5.76. The summed E-state index contributed by atoms with van der Waals surface area (Å²) in [5, 5.41) is 3.69. The average Bonchev–Trinajstić information content (AvgIpc) is 3.65. The molecule has 1 unspecified atom stereocenters. The van der Waals surface area contributed by atoms with Crippen LogP contribution in [0.25, 0.3) is 11.1 Å². The van der Waals surface area contributed by atoms with Gasteiger partial charge in [-0.05, 0) is 114 Å². The van der Waals surface area contributed by atoms with Gasteiger partial charge >= 0.3 is 5.97 Å². The first-order valence-corrected chi connectivity index (χ1v) is 14.7. The van der Waals surface area contributed by atoms with Crippen LogP contribution in [0.1, 0.15) is 71.4 Å². The molecule has 1 heterocycles. The molecule has 6 rings (SSSR count). The molecule has 5 nitrogen and oxygen atoms in total. The average molecular weight is 540 g/mol. The van der Waals surface area contributed by atoms with Crippen molar-refractivity contribution in [3.63, 3.8) is 0 Å². The highest BCUT2D eigenvalue weighted by Crippen LogP contribution is 2.64. The fourth-order valence-electron chi connectivity index (χ4n) is 7.05. The molecule has 1 saturated heterocycles. The Bertz CT molecular complexity index is 1390. The Morgan fingerprint density at radius 2 is 1.77 bits per heavy atom. The van der Waals surface area contributed by atoms with Gasteiger partial charge in [-0.1, -0.05) is 24.3 Å². The van der Waals surface area contributed by atoms with Crippen molar-refractivity contribution in [2.45, 2.75) is 77.9 Å². The Balaban J connectivity index is 1.18. The van der Waals surface area contributed by atoms with Crippen LogP contribution in [0.15, 0.2) is 48.5 Å². The zero-order chi connectivity index (χ0) is 27.9. The van der Waals surface area contributed by atoms with Crippen LogP contribution in [0, 0.1) is 26.2 Å². The molecular formula is C35H41NO4. The zero-order valence-corrected chi connectivity index (χ0v) is 24.3. The van der Waals surface area contributed by atoms with E-state index in [9.17, 15) is 4.79 Å². The summed E-state index contributed by atoms with van der Waals surface area (Å²) in [5.74, 6) is 1.15. The smallest absolute Gasteiger partial charge is 0.306 e.